The highest BCUT2D eigenvalue weighted by atomic mass is 32.2. The number of aromatic nitrogens is 2. The number of anilines is 1. The van der Waals surface area contributed by atoms with Gasteiger partial charge < -0.3 is 5.32 Å². The molecule has 16 heavy (non-hydrogen) atoms. The summed E-state index contributed by atoms with van der Waals surface area (Å²) in [7, 11) is -2.88. The SMILES string of the molecule is Cc1nccnc1NCC1CCCS1(=O)=O. The van der Waals surface area contributed by atoms with Gasteiger partial charge in [0.2, 0.25) is 0 Å². The fourth-order valence-corrected chi connectivity index (χ4v) is 3.64. The molecule has 1 atom stereocenters. The van der Waals surface area contributed by atoms with Crippen molar-refractivity contribution in [3.8, 4) is 0 Å². The van der Waals surface area contributed by atoms with Crippen LogP contribution in [-0.2, 0) is 9.84 Å². The molecule has 5 nitrogen and oxygen atoms in total. The first-order chi connectivity index (χ1) is 7.59. The highest BCUT2D eigenvalue weighted by molar-refractivity contribution is 7.92. The number of nitrogens with one attached hydrogen (secondary N) is 1. The van der Waals surface area contributed by atoms with Crippen LogP contribution >= 0.6 is 0 Å². The van der Waals surface area contributed by atoms with Crippen LogP contribution in [0.15, 0.2) is 12.4 Å². The van der Waals surface area contributed by atoms with Gasteiger partial charge in [0.1, 0.15) is 5.82 Å². The first-order valence-electron chi connectivity index (χ1n) is 5.32. The lowest BCUT2D eigenvalue weighted by molar-refractivity contribution is 0.591. The van der Waals surface area contributed by atoms with Crippen molar-refractivity contribution in [1.29, 1.82) is 0 Å². The van der Waals surface area contributed by atoms with E-state index in [0.29, 0.717) is 18.1 Å². The van der Waals surface area contributed by atoms with Crippen LogP contribution in [0.1, 0.15) is 18.5 Å². The molecule has 2 rings (SSSR count). The van der Waals surface area contributed by atoms with Crippen molar-refractivity contribution >= 4 is 15.7 Å². The normalized spacial score (nSPS) is 23.2. The highest BCUT2D eigenvalue weighted by Gasteiger charge is 2.30. The molecule has 1 fully saturated rings. The van der Waals surface area contributed by atoms with E-state index in [4.69, 9.17) is 0 Å². The van der Waals surface area contributed by atoms with Gasteiger partial charge in [-0.05, 0) is 19.8 Å². The molecule has 1 aromatic rings. The van der Waals surface area contributed by atoms with E-state index < -0.39 is 9.84 Å². The maximum Gasteiger partial charge on any atom is 0.154 e. The van der Waals surface area contributed by atoms with Crippen molar-refractivity contribution in [2.75, 3.05) is 17.6 Å². The number of aryl methyl sites for hydroxylation is 1. The van der Waals surface area contributed by atoms with E-state index in [1.165, 1.54) is 0 Å². The van der Waals surface area contributed by atoms with Crippen molar-refractivity contribution in [2.24, 2.45) is 0 Å². The van der Waals surface area contributed by atoms with Crippen LogP contribution in [0.3, 0.4) is 0 Å². The molecule has 88 valence electrons. The van der Waals surface area contributed by atoms with Gasteiger partial charge in [-0.2, -0.15) is 0 Å². The van der Waals surface area contributed by atoms with Gasteiger partial charge in [-0.1, -0.05) is 0 Å². The quantitative estimate of drug-likeness (QED) is 0.846. The van der Waals surface area contributed by atoms with Crippen molar-refractivity contribution in [1.82, 2.24) is 9.97 Å². The number of sulfone groups is 1. The highest BCUT2D eigenvalue weighted by Crippen LogP contribution is 2.20. The molecule has 6 heteroatoms. The lowest BCUT2D eigenvalue weighted by Gasteiger charge is -2.11. The second-order valence-corrected chi connectivity index (χ2v) is 6.40. The summed E-state index contributed by atoms with van der Waals surface area (Å²) < 4.78 is 23.2. The first kappa shape index (κ1) is 11.3. The average Bonchev–Trinajstić information content (AvgIpc) is 2.57. The van der Waals surface area contributed by atoms with Crippen LogP contribution in [0.4, 0.5) is 5.82 Å². The Morgan fingerprint density at radius 2 is 2.19 bits per heavy atom. The molecule has 0 radical (unpaired) electrons. The summed E-state index contributed by atoms with van der Waals surface area (Å²) in [5.41, 5.74) is 0.790. The third-order valence-electron chi connectivity index (χ3n) is 2.84. The van der Waals surface area contributed by atoms with Gasteiger partial charge in [-0.15, -0.1) is 0 Å². The maximum atomic E-state index is 11.6. The number of rotatable bonds is 3. The smallest absolute Gasteiger partial charge is 0.154 e. The van der Waals surface area contributed by atoms with Gasteiger partial charge in [-0.3, -0.25) is 4.98 Å². The van der Waals surface area contributed by atoms with E-state index in [1.54, 1.807) is 12.4 Å². The molecule has 0 aliphatic carbocycles. The second kappa shape index (κ2) is 4.37. The fraction of sp³-hybridized carbons (Fsp3) is 0.600. The van der Waals surface area contributed by atoms with E-state index in [1.807, 2.05) is 6.92 Å². The summed E-state index contributed by atoms with van der Waals surface area (Å²) in [5, 5.41) is 2.79. The molecular weight excluding hydrogens is 226 g/mol. The van der Waals surface area contributed by atoms with Gasteiger partial charge in [-0.25, -0.2) is 13.4 Å². The van der Waals surface area contributed by atoms with Crippen molar-refractivity contribution in [3.05, 3.63) is 18.1 Å². The molecule has 1 unspecified atom stereocenters. The molecule has 0 bridgehead atoms. The predicted molar refractivity (Wildman–Crippen MR) is 62.1 cm³/mol. The summed E-state index contributed by atoms with van der Waals surface area (Å²) in [6.07, 6.45) is 4.73. The molecule has 1 N–H and O–H groups in total. The molecule has 0 aromatic carbocycles. The molecule has 0 amide bonds. The van der Waals surface area contributed by atoms with E-state index in [-0.39, 0.29) is 5.25 Å². The molecular formula is C10H15N3O2S. The first-order valence-corrected chi connectivity index (χ1v) is 7.04. The molecule has 1 aliphatic heterocycles. The summed E-state index contributed by atoms with van der Waals surface area (Å²) in [4.78, 5) is 8.20. The Hall–Kier alpha value is -1.17. The Balaban J connectivity index is 2.01. The molecule has 0 spiro atoms. The molecule has 1 aromatic heterocycles. The van der Waals surface area contributed by atoms with E-state index in [9.17, 15) is 8.42 Å². The minimum atomic E-state index is -2.88. The summed E-state index contributed by atoms with van der Waals surface area (Å²) in [6.45, 7) is 2.28. The zero-order valence-corrected chi connectivity index (χ0v) is 10.00. The zero-order chi connectivity index (χ0) is 11.6. The van der Waals surface area contributed by atoms with Crippen molar-refractivity contribution in [2.45, 2.75) is 25.0 Å². The number of hydrogen-bond donors (Lipinski definition) is 1. The Morgan fingerprint density at radius 1 is 1.44 bits per heavy atom. The van der Waals surface area contributed by atoms with Gasteiger partial charge >= 0.3 is 0 Å². The molecule has 1 aliphatic rings. The van der Waals surface area contributed by atoms with Crippen molar-refractivity contribution < 1.29 is 8.42 Å². The summed E-state index contributed by atoms with van der Waals surface area (Å²) >= 11 is 0. The van der Waals surface area contributed by atoms with Gasteiger partial charge in [0.25, 0.3) is 0 Å². The van der Waals surface area contributed by atoms with E-state index >= 15 is 0 Å². The second-order valence-electron chi connectivity index (χ2n) is 4.00. The minimum absolute atomic E-state index is 0.270. The Kier molecular flexibility index (Phi) is 3.09. The zero-order valence-electron chi connectivity index (χ0n) is 9.18. The van der Waals surface area contributed by atoms with Crippen LogP contribution in [0.2, 0.25) is 0 Å². The standard InChI is InChI=1S/C10H15N3O2S/c1-8-10(12-5-4-11-8)13-7-9-3-2-6-16(9,14)15/h4-5,9H,2-3,6-7H2,1H3,(H,12,13). The van der Waals surface area contributed by atoms with Crippen LogP contribution in [0, 0.1) is 6.92 Å². The van der Waals surface area contributed by atoms with Crippen LogP contribution in [0.5, 0.6) is 0 Å². The summed E-state index contributed by atoms with van der Waals surface area (Å²) in [6, 6.07) is 0. The monoisotopic (exact) mass is 241 g/mol. The van der Waals surface area contributed by atoms with E-state index in [0.717, 1.165) is 18.5 Å². The summed E-state index contributed by atoms with van der Waals surface area (Å²) in [5.74, 6) is 0.989. The third-order valence-corrected chi connectivity index (χ3v) is 5.12. The van der Waals surface area contributed by atoms with Crippen LogP contribution in [-0.4, -0.2) is 35.9 Å². The minimum Gasteiger partial charge on any atom is -0.367 e. The number of nitrogens with zero attached hydrogens (tertiary/aromatic N) is 2. The topological polar surface area (TPSA) is 72.0 Å². The molecule has 1 saturated heterocycles. The van der Waals surface area contributed by atoms with Crippen LogP contribution in [0.25, 0.3) is 0 Å². The molecule has 0 saturated carbocycles. The largest absolute Gasteiger partial charge is 0.367 e. The van der Waals surface area contributed by atoms with E-state index in [2.05, 4.69) is 15.3 Å². The molecule has 2 heterocycles. The maximum absolute atomic E-state index is 11.6. The van der Waals surface area contributed by atoms with Crippen molar-refractivity contribution in [3.63, 3.8) is 0 Å². The predicted octanol–water partition coefficient (Wildman–Crippen LogP) is 0.774. The number of hydrogen-bond acceptors (Lipinski definition) is 5. The van der Waals surface area contributed by atoms with Gasteiger partial charge in [0.15, 0.2) is 9.84 Å². The van der Waals surface area contributed by atoms with Gasteiger partial charge in [0.05, 0.1) is 16.7 Å². The van der Waals surface area contributed by atoms with Gasteiger partial charge in [0, 0.05) is 18.9 Å². The average molecular weight is 241 g/mol. The lowest BCUT2D eigenvalue weighted by Crippen LogP contribution is -2.25. The van der Waals surface area contributed by atoms with Crippen LogP contribution < -0.4 is 5.32 Å². The Bertz CT molecular complexity index is 473. The fourth-order valence-electron chi connectivity index (χ4n) is 1.88. The third kappa shape index (κ3) is 2.32. The lowest BCUT2D eigenvalue weighted by atomic mass is 10.2. The Labute approximate surface area is 95.2 Å². The Morgan fingerprint density at radius 3 is 2.81 bits per heavy atom.